The van der Waals surface area contributed by atoms with Crippen LogP contribution in [0.5, 0.6) is 0 Å². The molecule has 1 fully saturated rings. The van der Waals surface area contributed by atoms with Crippen molar-refractivity contribution in [3.05, 3.63) is 58.9 Å². The highest BCUT2D eigenvalue weighted by Crippen LogP contribution is 2.25. The van der Waals surface area contributed by atoms with Crippen LogP contribution in [-0.4, -0.2) is 56.4 Å². The van der Waals surface area contributed by atoms with E-state index < -0.39 is 12.1 Å². The molecule has 1 aliphatic heterocycles. The highest BCUT2D eigenvalue weighted by atomic mass is 32.2. The number of aromatic carboxylic acids is 1. The Morgan fingerprint density at radius 1 is 1.41 bits per heavy atom. The molecular weight excluding hydrogens is 415 g/mol. The van der Waals surface area contributed by atoms with Crippen LogP contribution in [0.2, 0.25) is 0 Å². The minimum atomic E-state index is -1.05. The number of aromatic nitrogens is 1. The average Bonchev–Trinajstić information content (AvgIpc) is 3.30. The summed E-state index contributed by atoms with van der Waals surface area (Å²) in [5.41, 5.74) is 0.870. The smallest absolute Gasteiger partial charge is 0.355 e. The third kappa shape index (κ3) is 6.12. The Hall–Kier alpha value is -2.23. The molecule has 154 valence electrons. The zero-order valence-electron chi connectivity index (χ0n) is 15.5. The number of thiazole rings is 1. The largest absolute Gasteiger partial charge is 0.476 e. The number of aliphatic hydroxyl groups excluding tert-OH is 1. The van der Waals surface area contributed by atoms with Gasteiger partial charge in [0.05, 0.1) is 12.1 Å². The number of halogens is 1. The molecule has 0 spiro atoms. The van der Waals surface area contributed by atoms with Gasteiger partial charge in [-0.15, -0.1) is 11.3 Å². The van der Waals surface area contributed by atoms with Crippen molar-refractivity contribution in [3.63, 3.8) is 0 Å². The lowest BCUT2D eigenvalue weighted by Crippen LogP contribution is -2.33. The van der Waals surface area contributed by atoms with E-state index in [0.717, 1.165) is 5.56 Å². The lowest BCUT2D eigenvalue weighted by atomic mass is 10.1. The number of nitrogens with zero attached hydrogens (tertiary/aromatic N) is 2. The van der Waals surface area contributed by atoms with Gasteiger partial charge in [-0.2, -0.15) is 0 Å². The van der Waals surface area contributed by atoms with E-state index in [1.54, 1.807) is 23.1 Å². The van der Waals surface area contributed by atoms with Gasteiger partial charge >= 0.3 is 5.97 Å². The van der Waals surface area contributed by atoms with Crippen molar-refractivity contribution in [1.82, 2.24) is 9.88 Å². The topological polar surface area (TPSA) is 90.7 Å². The van der Waals surface area contributed by atoms with Crippen LogP contribution >= 0.6 is 23.1 Å². The molecule has 0 saturated carbocycles. The summed E-state index contributed by atoms with van der Waals surface area (Å²) in [5.74, 6) is -0.680. The summed E-state index contributed by atoms with van der Waals surface area (Å²) in [5, 5.41) is 20.6. The Labute approximate surface area is 176 Å². The van der Waals surface area contributed by atoms with Gasteiger partial charge in [0.1, 0.15) is 5.82 Å². The van der Waals surface area contributed by atoms with E-state index in [1.165, 1.54) is 40.6 Å². The molecule has 0 aliphatic carbocycles. The van der Waals surface area contributed by atoms with Gasteiger partial charge < -0.3 is 15.1 Å². The van der Waals surface area contributed by atoms with E-state index in [9.17, 15) is 19.1 Å². The molecule has 2 atom stereocenters. The highest BCUT2D eigenvalue weighted by Gasteiger charge is 2.28. The van der Waals surface area contributed by atoms with Gasteiger partial charge in [0, 0.05) is 30.5 Å². The molecule has 3 rings (SSSR count). The van der Waals surface area contributed by atoms with Crippen LogP contribution < -0.4 is 0 Å². The number of carboxylic acids is 1. The Morgan fingerprint density at radius 2 is 2.17 bits per heavy atom. The van der Waals surface area contributed by atoms with Crippen LogP contribution in [0.3, 0.4) is 0 Å². The molecule has 1 aromatic carbocycles. The number of rotatable bonds is 9. The van der Waals surface area contributed by atoms with Gasteiger partial charge in [-0.1, -0.05) is 36.0 Å². The average molecular weight is 437 g/mol. The van der Waals surface area contributed by atoms with Crippen LogP contribution in [-0.2, 0) is 11.2 Å². The van der Waals surface area contributed by atoms with Crippen LogP contribution in [0.15, 0.2) is 46.1 Å². The van der Waals surface area contributed by atoms with E-state index in [0.29, 0.717) is 35.9 Å². The van der Waals surface area contributed by atoms with Gasteiger partial charge in [0.2, 0.25) is 5.91 Å². The monoisotopic (exact) mass is 436 g/mol. The third-order valence-electron chi connectivity index (χ3n) is 4.55. The number of amides is 1. The van der Waals surface area contributed by atoms with Gasteiger partial charge in [0.25, 0.3) is 0 Å². The summed E-state index contributed by atoms with van der Waals surface area (Å²) in [6.07, 6.45) is 4.38. The molecular formula is C20H21FN2O4S2. The molecule has 1 aromatic heterocycles. The summed E-state index contributed by atoms with van der Waals surface area (Å²) in [6, 6.07) is 5.94. The van der Waals surface area contributed by atoms with Gasteiger partial charge in [-0.05, 0) is 24.1 Å². The van der Waals surface area contributed by atoms with E-state index >= 15 is 0 Å². The van der Waals surface area contributed by atoms with Gasteiger partial charge in [-0.3, -0.25) is 4.79 Å². The van der Waals surface area contributed by atoms with Crippen molar-refractivity contribution in [2.24, 2.45) is 0 Å². The van der Waals surface area contributed by atoms with Crippen LogP contribution in [0.25, 0.3) is 0 Å². The minimum Gasteiger partial charge on any atom is -0.476 e. The fourth-order valence-corrected chi connectivity index (χ4v) is 4.90. The summed E-state index contributed by atoms with van der Waals surface area (Å²) in [4.78, 5) is 28.9. The maximum atomic E-state index is 13.0. The van der Waals surface area contributed by atoms with E-state index in [4.69, 9.17) is 5.11 Å². The lowest BCUT2D eigenvalue weighted by molar-refractivity contribution is -0.128. The minimum absolute atomic E-state index is 0.0331. The standard InChI is InChI=1S/C20H21FN2O4S2/c21-14-3-1-13(2-4-14)11-16(24)7-5-15-6-8-18(25)23(15)9-10-28-20-22-17(12-29-20)19(26)27/h1-5,7,12,15-16,24H,6,8-11H2,(H,26,27)/t15-,16+/m0/s1. The van der Waals surface area contributed by atoms with Crippen molar-refractivity contribution < 1.29 is 24.2 Å². The number of hydrogen-bond acceptors (Lipinski definition) is 6. The molecule has 0 unspecified atom stereocenters. The van der Waals surface area contributed by atoms with Crippen molar-refractivity contribution in [2.45, 2.75) is 35.7 Å². The number of thioether (sulfide) groups is 1. The molecule has 0 radical (unpaired) electrons. The molecule has 2 heterocycles. The molecule has 1 amide bonds. The van der Waals surface area contributed by atoms with Crippen molar-refractivity contribution in [3.8, 4) is 0 Å². The first-order valence-corrected chi connectivity index (χ1v) is 11.0. The maximum Gasteiger partial charge on any atom is 0.355 e. The molecule has 9 heteroatoms. The summed E-state index contributed by atoms with van der Waals surface area (Å²) >= 11 is 2.70. The maximum absolute atomic E-state index is 13.0. The second-order valence-corrected chi connectivity index (χ2v) is 8.83. The summed E-state index contributed by atoms with van der Waals surface area (Å²) in [7, 11) is 0. The Morgan fingerprint density at radius 3 is 2.86 bits per heavy atom. The Kier molecular flexibility index (Phi) is 7.40. The van der Waals surface area contributed by atoms with Gasteiger partial charge in [0.15, 0.2) is 10.0 Å². The quantitative estimate of drug-likeness (QED) is 0.463. The zero-order valence-corrected chi connectivity index (χ0v) is 17.2. The number of carbonyl (C=O) groups excluding carboxylic acids is 1. The first kappa shape index (κ1) is 21.5. The van der Waals surface area contributed by atoms with Crippen molar-refractivity contribution in [1.29, 1.82) is 0 Å². The SMILES string of the molecule is O=C(O)c1csc(SCCN2C(=O)CC[C@@H]2C=C[C@@H](O)Cc2ccc(F)cc2)n1. The molecule has 0 bridgehead atoms. The van der Waals surface area contributed by atoms with Gasteiger partial charge in [-0.25, -0.2) is 14.2 Å². The van der Waals surface area contributed by atoms with Crippen LogP contribution in [0.1, 0.15) is 28.9 Å². The predicted octanol–water partition coefficient (Wildman–Crippen LogP) is 3.22. The van der Waals surface area contributed by atoms with Crippen LogP contribution in [0.4, 0.5) is 4.39 Å². The lowest BCUT2D eigenvalue weighted by Gasteiger charge is -2.22. The predicted molar refractivity (Wildman–Crippen MR) is 110 cm³/mol. The summed E-state index contributed by atoms with van der Waals surface area (Å²) < 4.78 is 13.6. The molecule has 1 aliphatic rings. The number of likely N-dealkylation sites (tertiary alicyclic amines) is 1. The fraction of sp³-hybridized carbons (Fsp3) is 0.350. The number of aliphatic hydroxyl groups is 1. The van der Waals surface area contributed by atoms with Crippen molar-refractivity contribution >= 4 is 35.0 Å². The zero-order chi connectivity index (χ0) is 20.8. The molecule has 2 N–H and O–H groups in total. The molecule has 29 heavy (non-hydrogen) atoms. The number of carbonyl (C=O) groups is 2. The Balaban J connectivity index is 1.50. The van der Waals surface area contributed by atoms with Crippen molar-refractivity contribution in [2.75, 3.05) is 12.3 Å². The first-order valence-electron chi connectivity index (χ1n) is 9.14. The second-order valence-electron chi connectivity index (χ2n) is 6.63. The van der Waals surface area contributed by atoms with E-state index in [-0.39, 0.29) is 23.5 Å². The Bertz CT molecular complexity index is 885. The second kappa shape index (κ2) is 10.00. The highest BCUT2D eigenvalue weighted by molar-refractivity contribution is 8.01. The third-order valence-corrected chi connectivity index (χ3v) is 6.55. The van der Waals surface area contributed by atoms with E-state index in [1.807, 2.05) is 6.08 Å². The normalized spacial score (nSPS) is 17.9. The van der Waals surface area contributed by atoms with E-state index in [2.05, 4.69) is 4.98 Å². The van der Waals surface area contributed by atoms with Crippen LogP contribution in [0, 0.1) is 5.82 Å². The fourth-order valence-electron chi connectivity index (χ4n) is 3.09. The number of benzene rings is 1. The number of carboxylic acid groups (broad SMARTS) is 1. The number of hydrogen-bond donors (Lipinski definition) is 2. The molecule has 6 nitrogen and oxygen atoms in total. The molecule has 2 aromatic rings. The molecule has 1 saturated heterocycles. The summed E-state index contributed by atoms with van der Waals surface area (Å²) in [6.45, 7) is 0.522. The first-order chi connectivity index (χ1) is 13.9.